The van der Waals surface area contributed by atoms with Crippen LogP contribution in [0.1, 0.15) is 36.7 Å². The highest BCUT2D eigenvalue weighted by Gasteiger charge is 2.32. The van der Waals surface area contributed by atoms with Crippen LogP contribution in [0.25, 0.3) is 11.0 Å². The number of β-amino-alcohol motifs (C(OH)–C–C–N with tert-alkyl or cyclic N) is 1. The van der Waals surface area contributed by atoms with E-state index in [1.54, 1.807) is 27.8 Å². The zero-order valence-corrected chi connectivity index (χ0v) is 20.6. The smallest absolute Gasteiger partial charge is 0.412 e. The van der Waals surface area contributed by atoms with Crippen LogP contribution in [-0.4, -0.2) is 66.5 Å². The third kappa shape index (κ3) is 4.26. The molecule has 1 aromatic carbocycles. The standard InChI is InChI=1S/C26H31N5O5/c1-16-13-20-19(7-6-17(2)31(20)26(35)36)24-25(16)30(15-23(34)29-11-8-18(32)14-29)21(27-24)9-12-28-10-4-3-5-22(28)33/h3-5,10,13,17-18,32H,6-9,11-12,14-15H2,1-2H3,(H,35,36). The van der Waals surface area contributed by atoms with Crippen molar-refractivity contribution in [2.75, 3.05) is 18.0 Å². The number of benzene rings is 1. The zero-order valence-electron chi connectivity index (χ0n) is 20.6. The molecule has 2 amide bonds. The number of aryl methyl sites for hydroxylation is 4. The van der Waals surface area contributed by atoms with Crippen LogP contribution in [-0.2, 0) is 30.7 Å². The van der Waals surface area contributed by atoms with Crippen molar-refractivity contribution in [3.8, 4) is 0 Å². The van der Waals surface area contributed by atoms with Crippen molar-refractivity contribution in [2.45, 2.75) is 64.8 Å². The van der Waals surface area contributed by atoms with E-state index in [4.69, 9.17) is 4.98 Å². The average molecular weight is 494 g/mol. The number of fused-ring (bicyclic) bond motifs is 3. The summed E-state index contributed by atoms with van der Waals surface area (Å²) in [6.07, 6.45) is 2.61. The van der Waals surface area contributed by atoms with Crippen molar-refractivity contribution < 1.29 is 19.8 Å². The van der Waals surface area contributed by atoms with Crippen molar-refractivity contribution in [3.05, 3.63) is 57.8 Å². The maximum Gasteiger partial charge on any atom is 0.412 e. The van der Waals surface area contributed by atoms with E-state index in [0.29, 0.717) is 62.3 Å². The quantitative estimate of drug-likeness (QED) is 0.562. The number of amides is 2. The highest BCUT2D eigenvalue weighted by Crippen LogP contribution is 2.38. The molecule has 0 radical (unpaired) electrons. The summed E-state index contributed by atoms with van der Waals surface area (Å²) in [5.74, 6) is 0.577. The first-order chi connectivity index (χ1) is 17.2. The molecule has 36 heavy (non-hydrogen) atoms. The SMILES string of the molecule is Cc1cc2c(c3nc(CCn4ccccc4=O)n(CC(=O)N4CCC(O)C4)c13)CCC(C)N2C(=O)O. The molecule has 3 aromatic rings. The van der Waals surface area contributed by atoms with Gasteiger partial charge in [0.2, 0.25) is 5.91 Å². The zero-order chi connectivity index (χ0) is 25.6. The summed E-state index contributed by atoms with van der Waals surface area (Å²) in [7, 11) is 0. The highest BCUT2D eigenvalue weighted by molar-refractivity contribution is 5.96. The van der Waals surface area contributed by atoms with E-state index in [0.717, 1.165) is 16.6 Å². The molecule has 0 spiro atoms. The van der Waals surface area contributed by atoms with Crippen LogP contribution >= 0.6 is 0 Å². The lowest BCUT2D eigenvalue weighted by Gasteiger charge is -2.33. The number of anilines is 1. The van der Waals surface area contributed by atoms with Crippen LogP contribution in [0.2, 0.25) is 0 Å². The molecular weight excluding hydrogens is 462 g/mol. The number of carbonyl (C=O) groups is 2. The largest absolute Gasteiger partial charge is 0.465 e. The number of carbonyl (C=O) groups excluding carboxylic acids is 1. The van der Waals surface area contributed by atoms with Crippen LogP contribution in [0.5, 0.6) is 0 Å². The first kappa shape index (κ1) is 24.1. The Balaban J connectivity index is 1.60. The first-order valence-corrected chi connectivity index (χ1v) is 12.4. The van der Waals surface area contributed by atoms with Crippen molar-refractivity contribution in [1.82, 2.24) is 19.0 Å². The molecule has 2 atom stereocenters. The second kappa shape index (κ2) is 9.42. The van der Waals surface area contributed by atoms with Gasteiger partial charge in [0.05, 0.1) is 22.8 Å². The normalized spacial score (nSPS) is 19.6. The number of aromatic nitrogens is 3. The Morgan fingerprint density at radius 2 is 2.03 bits per heavy atom. The van der Waals surface area contributed by atoms with Gasteiger partial charge < -0.3 is 24.2 Å². The van der Waals surface area contributed by atoms with Crippen LogP contribution in [0, 0.1) is 6.92 Å². The van der Waals surface area contributed by atoms with Crippen LogP contribution in [0.15, 0.2) is 35.3 Å². The minimum absolute atomic E-state index is 0.0704. The summed E-state index contributed by atoms with van der Waals surface area (Å²) < 4.78 is 3.52. The predicted molar refractivity (Wildman–Crippen MR) is 134 cm³/mol. The fraction of sp³-hybridized carbons (Fsp3) is 0.462. The second-order valence-electron chi connectivity index (χ2n) is 9.81. The van der Waals surface area contributed by atoms with Gasteiger partial charge in [-0.2, -0.15) is 0 Å². The molecule has 10 heteroatoms. The molecule has 190 valence electrons. The van der Waals surface area contributed by atoms with E-state index in [1.807, 2.05) is 24.5 Å². The number of pyridine rings is 1. The van der Waals surface area contributed by atoms with E-state index < -0.39 is 12.2 Å². The Hall–Kier alpha value is -3.66. The summed E-state index contributed by atoms with van der Waals surface area (Å²) in [6.45, 7) is 5.12. The number of nitrogens with zero attached hydrogens (tertiary/aromatic N) is 5. The molecular formula is C26H31N5O5. The lowest BCUT2D eigenvalue weighted by atomic mass is 9.94. The molecule has 1 saturated heterocycles. The van der Waals surface area contributed by atoms with Gasteiger partial charge in [0.25, 0.3) is 5.56 Å². The third-order valence-electron chi connectivity index (χ3n) is 7.37. The number of aliphatic hydroxyl groups is 1. The summed E-state index contributed by atoms with van der Waals surface area (Å²) in [5, 5.41) is 19.8. The monoisotopic (exact) mass is 493 g/mol. The fourth-order valence-electron chi connectivity index (χ4n) is 5.49. The second-order valence-corrected chi connectivity index (χ2v) is 9.81. The van der Waals surface area contributed by atoms with Gasteiger partial charge in [-0.25, -0.2) is 9.78 Å². The number of rotatable bonds is 5. The Bertz CT molecular complexity index is 1390. The summed E-state index contributed by atoms with van der Waals surface area (Å²) in [6, 6.07) is 6.75. The van der Waals surface area contributed by atoms with E-state index in [9.17, 15) is 24.6 Å². The molecule has 1 fully saturated rings. The minimum atomic E-state index is -0.993. The molecule has 0 saturated carbocycles. The van der Waals surface area contributed by atoms with Crippen molar-refractivity contribution in [1.29, 1.82) is 0 Å². The molecule has 2 aromatic heterocycles. The Labute approximate surface area is 208 Å². The summed E-state index contributed by atoms with van der Waals surface area (Å²) >= 11 is 0. The van der Waals surface area contributed by atoms with Crippen LogP contribution in [0.4, 0.5) is 10.5 Å². The van der Waals surface area contributed by atoms with Crippen LogP contribution < -0.4 is 10.5 Å². The van der Waals surface area contributed by atoms with Crippen molar-refractivity contribution in [3.63, 3.8) is 0 Å². The topological polar surface area (TPSA) is 121 Å². The molecule has 0 bridgehead atoms. The van der Waals surface area contributed by atoms with Gasteiger partial charge >= 0.3 is 6.09 Å². The fourth-order valence-corrected chi connectivity index (χ4v) is 5.49. The lowest BCUT2D eigenvalue weighted by molar-refractivity contribution is -0.131. The molecule has 2 aliphatic heterocycles. The van der Waals surface area contributed by atoms with Gasteiger partial charge in [0, 0.05) is 49.9 Å². The Morgan fingerprint density at radius 1 is 1.22 bits per heavy atom. The number of likely N-dealkylation sites (tertiary alicyclic amines) is 1. The molecule has 0 aliphatic carbocycles. The van der Waals surface area contributed by atoms with E-state index in [1.165, 1.54) is 11.0 Å². The Morgan fingerprint density at radius 3 is 2.72 bits per heavy atom. The van der Waals surface area contributed by atoms with E-state index >= 15 is 0 Å². The number of imidazole rings is 1. The average Bonchev–Trinajstić information content (AvgIpc) is 3.42. The first-order valence-electron chi connectivity index (χ1n) is 12.4. The molecule has 2 N–H and O–H groups in total. The molecule has 5 rings (SSSR count). The summed E-state index contributed by atoms with van der Waals surface area (Å²) in [5.41, 5.74) is 3.79. The molecule has 10 nitrogen and oxygen atoms in total. The Kier molecular flexibility index (Phi) is 6.29. The van der Waals surface area contributed by atoms with Gasteiger partial charge in [0.15, 0.2) is 0 Å². The summed E-state index contributed by atoms with van der Waals surface area (Å²) in [4.78, 5) is 45.5. The van der Waals surface area contributed by atoms with Gasteiger partial charge in [-0.3, -0.25) is 14.5 Å². The molecule has 2 unspecified atom stereocenters. The predicted octanol–water partition coefficient (Wildman–Crippen LogP) is 2.16. The van der Waals surface area contributed by atoms with Gasteiger partial charge in [-0.1, -0.05) is 6.07 Å². The lowest BCUT2D eigenvalue weighted by Crippen LogP contribution is -2.41. The number of aliphatic hydroxyl groups excluding tert-OH is 1. The molecule has 4 heterocycles. The third-order valence-corrected chi connectivity index (χ3v) is 7.37. The number of carboxylic acid groups (broad SMARTS) is 1. The maximum atomic E-state index is 13.2. The number of hydrogen-bond donors (Lipinski definition) is 2. The minimum Gasteiger partial charge on any atom is -0.465 e. The van der Waals surface area contributed by atoms with Crippen molar-refractivity contribution in [2.24, 2.45) is 0 Å². The maximum absolute atomic E-state index is 13.2. The van der Waals surface area contributed by atoms with E-state index in [2.05, 4.69) is 0 Å². The number of hydrogen-bond acceptors (Lipinski definition) is 5. The van der Waals surface area contributed by atoms with Gasteiger partial charge in [-0.05, 0) is 50.8 Å². The van der Waals surface area contributed by atoms with Crippen molar-refractivity contribution >= 4 is 28.7 Å². The van der Waals surface area contributed by atoms with E-state index in [-0.39, 0.29) is 24.1 Å². The van der Waals surface area contributed by atoms with Gasteiger partial charge in [-0.15, -0.1) is 0 Å². The van der Waals surface area contributed by atoms with Crippen LogP contribution in [0.3, 0.4) is 0 Å². The highest BCUT2D eigenvalue weighted by atomic mass is 16.4. The van der Waals surface area contributed by atoms with Gasteiger partial charge in [0.1, 0.15) is 12.4 Å². The molecule has 2 aliphatic rings.